The largest absolute Gasteiger partial charge is 0.345 e. The number of amides is 1. The lowest BCUT2D eigenvalue weighted by molar-refractivity contribution is -0.129. The van der Waals surface area contributed by atoms with Crippen LogP contribution < -0.4 is 5.69 Å². The van der Waals surface area contributed by atoms with Crippen molar-refractivity contribution in [2.24, 2.45) is 7.05 Å². The van der Waals surface area contributed by atoms with Crippen LogP contribution in [-0.2, 0) is 11.8 Å². The van der Waals surface area contributed by atoms with E-state index in [-0.39, 0.29) is 17.5 Å². The van der Waals surface area contributed by atoms with Gasteiger partial charge in [-0.05, 0) is 31.7 Å². The highest BCUT2D eigenvalue weighted by atomic mass is 32.2. The van der Waals surface area contributed by atoms with Crippen LogP contribution in [0.4, 0.5) is 0 Å². The molecule has 1 aliphatic carbocycles. The van der Waals surface area contributed by atoms with Crippen LogP contribution in [0.15, 0.2) is 28.4 Å². The van der Waals surface area contributed by atoms with E-state index in [1.165, 1.54) is 16.4 Å². The number of thioether (sulfide) groups is 1. The first-order valence-electron chi connectivity index (χ1n) is 8.96. The minimum atomic E-state index is -0.0136. The summed E-state index contributed by atoms with van der Waals surface area (Å²) >= 11 is 1.36. The molecule has 9 heteroatoms. The zero-order valence-corrected chi connectivity index (χ0v) is 15.6. The Morgan fingerprint density at radius 2 is 1.88 bits per heavy atom. The molecule has 2 aromatic heterocycles. The van der Waals surface area contributed by atoms with Crippen LogP contribution in [0.25, 0.3) is 0 Å². The maximum Gasteiger partial charge on any atom is 0.345 e. The molecule has 2 aliphatic rings. The van der Waals surface area contributed by atoms with E-state index < -0.39 is 0 Å². The molecule has 0 bridgehead atoms. The molecule has 4 rings (SSSR count). The highest BCUT2D eigenvalue weighted by Gasteiger charge is 2.34. The van der Waals surface area contributed by atoms with E-state index in [0.717, 1.165) is 31.5 Å². The predicted octanol–water partition coefficient (Wildman–Crippen LogP) is 1.20. The number of aryl methyl sites for hydroxylation is 1. The van der Waals surface area contributed by atoms with Crippen molar-refractivity contribution in [3.05, 3.63) is 34.8 Å². The average molecular weight is 374 g/mol. The van der Waals surface area contributed by atoms with Gasteiger partial charge in [-0.25, -0.2) is 19.4 Å². The average Bonchev–Trinajstić information content (AvgIpc) is 3.47. The van der Waals surface area contributed by atoms with Crippen molar-refractivity contribution < 1.29 is 4.79 Å². The van der Waals surface area contributed by atoms with Crippen molar-refractivity contribution in [2.75, 3.05) is 18.8 Å². The third kappa shape index (κ3) is 3.53. The Kier molecular flexibility index (Phi) is 4.80. The maximum absolute atomic E-state index is 12.4. The van der Waals surface area contributed by atoms with Crippen LogP contribution in [-0.4, -0.2) is 54.0 Å². The summed E-state index contributed by atoms with van der Waals surface area (Å²) in [6.45, 7) is 1.41. The minimum absolute atomic E-state index is 0.0136. The number of likely N-dealkylation sites (tertiary alicyclic amines) is 1. The molecule has 1 aliphatic heterocycles. The molecule has 0 N–H and O–H groups in total. The van der Waals surface area contributed by atoms with Crippen LogP contribution in [0.3, 0.4) is 0 Å². The zero-order chi connectivity index (χ0) is 18.1. The molecule has 0 aromatic carbocycles. The summed E-state index contributed by atoms with van der Waals surface area (Å²) in [7, 11) is 1.71. The quantitative estimate of drug-likeness (QED) is 0.577. The van der Waals surface area contributed by atoms with Crippen molar-refractivity contribution in [1.29, 1.82) is 0 Å². The summed E-state index contributed by atoms with van der Waals surface area (Å²) < 4.78 is 3.33. The standard InChI is InChI=1S/C17H22N6O2S/c1-21-17(25)23(13-3-4-13)15(20-21)12-5-9-22(10-6-12)14(24)11-26-16-18-7-2-8-19-16/h2,7-8,12-13H,3-6,9-11H2,1H3. The molecule has 1 saturated heterocycles. The fourth-order valence-electron chi connectivity index (χ4n) is 3.42. The molecule has 2 fully saturated rings. The van der Waals surface area contributed by atoms with Crippen molar-refractivity contribution >= 4 is 17.7 Å². The van der Waals surface area contributed by atoms with Gasteiger partial charge in [0, 0.05) is 44.5 Å². The molecule has 3 heterocycles. The number of carbonyl (C=O) groups is 1. The van der Waals surface area contributed by atoms with Crippen LogP contribution in [0, 0.1) is 0 Å². The second-order valence-corrected chi connectivity index (χ2v) is 7.78. The molecular formula is C17H22N6O2S. The van der Waals surface area contributed by atoms with Gasteiger partial charge in [0.15, 0.2) is 5.16 Å². The van der Waals surface area contributed by atoms with Crippen molar-refractivity contribution in [2.45, 2.75) is 42.8 Å². The Labute approximate surface area is 155 Å². The number of piperidine rings is 1. The number of nitrogens with zero attached hydrogens (tertiary/aromatic N) is 6. The van der Waals surface area contributed by atoms with Gasteiger partial charge >= 0.3 is 5.69 Å². The van der Waals surface area contributed by atoms with E-state index in [9.17, 15) is 9.59 Å². The Morgan fingerprint density at radius 3 is 2.54 bits per heavy atom. The highest BCUT2D eigenvalue weighted by molar-refractivity contribution is 7.99. The number of hydrogen-bond acceptors (Lipinski definition) is 6. The van der Waals surface area contributed by atoms with Gasteiger partial charge < -0.3 is 4.90 Å². The molecular weight excluding hydrogens is 352 g/mol. The zero-order valence-electron chi connectivity index (χ0n) is 14.7. The summed E-state index contributed by atoms with van der Waals surface area (Å²) in [4.78, 5) is 34.9. The van der Waals surface area contributed by atoms with Gasteiger partial charge in [-0.3, -0.25) is 9.36 Å². The molecule has 8 nitrogen and oxygen atoms in total. The molecule has 138 valence electrons. The lowest BCUT2D eigenvalue weighted by atomic mass is 9.96. The monoisotopic (exact) mass is 374 g/mol. The lowest BCUT2D eigenvalue weighted by Crippen LogP contribution is -2.39. The highest BCUT2D eigenvalue weighted by Crippen LogP contribution is 2.37. The van der Waals surface area contributed by atoms with E-state index in [2.05, 4.69) is 15.1 Å². The Morgan fingerprint density at radius 1 is 1.19 bits per heavy atom. The van der Waals surface area contributed by atoms with E-state index in [4.69, 9.17) is 0 Å². The van der Waals surface area contributed by atoms with Crippen LogP contribution in [0.5, 0.6) is 0 Å². The van der Waals surface area contributed by atoms with Crippen LogP contribution in [0.2, 0.25) is 0 Å². The van der Waals surface area contributed by atoms with Gasteiger partial charge in [-0.1, -0.05) is 11.8 Å². The van der Waals surface area contributed by atoms with Crippen LogP contribution >= 0.6 is 11.8 Å². The molecule has 1 amide bonds. The SMILES string of the molecule is Cn1nc(C2CCN(C(=O)CSc3ncccn3)CC2)n(C2CC2)c1=O. The number of rotatable bonds is 5. The van der Waals surface area contributed by atoms with Gasteiger partial charge in [0.25, 0.3) is 0 Å². The van der Waals surface area contributed by atoms with Crippen molar-refractivity contribution in [1.82, 2.24) is 29.2 Å². The normalized spacial score (nSPS) is 18.3. The van der Waals surface area contributed by atoms with E-state index in [0.29, 0.717) is 30.0 Å². The smallest absolute Gasteiger partial charge is 0.342 e. The number of aromatic nitrogens is 5. The Hall–Kier alpha value is -2.16. The third-order valence-electron chi connectivity index (χ3n) is 4.97. The van der Waals surface area contributed by atoms with E-state index in [1.54, 1.807) is 25.5 Å². The van der Waals surface area contributed by atoms with Gasteiger partial charge in [0.05, 0.1) is 5.75 Å². The molecule has 26 heavy (non-hydrogen) atoms. The van der Waals surface area contributed by atoms with E-state index in [1.807, 2.05) is 9.47 Å². The van der Waals surface area contributed by atoms with E-state index >= 15 is 0 Å². The first-order chi connectivity index (χ1) is 12.6. The summed E-state index contributed by atoms with van der Waals surface area (Å²) in [5, 5.41) is 5.11. The Balaban J connectivity index is 1.35. The molecule has 0 radical (unpaired) electrons. The third-order valence-corrected chi connectivity index (χ3v) is 5.83. The fraction of sp³-hybridized carbons (Fsp3) is 0.588. The van der Waals surface area contributed by atoms with Gasteiger partial charge in [0.1, 0.15) is 5.82 Å². The van der Waals surface area contributed by atoms with Gasteiger partial charge in [-0.2, -0.15) is 5.10 Å². The molecule has 0 unspecified atom stereocenters. The fourth-order valence-corrected chi connectivity index (χ4v) is 4.12. The summed E-state index contributed by atoms with van der Waals surface area (Å²) in [5.74, 6) is 1.62. The van der Waals surface area contributed by atoms with Crippen LogP contribution in [0.1, 0.15) is 43.5 Å². The summed E-state index contributed by atoms with van der Waals surface area (Å²) in [6, 6.07) is 2.09. The second kappa shape index (κ2) is 7.22. The van der Waals surface area contributed by atoms with Crippen molar-refractivity contribution in [3.63, 3.8) is 0 Å². The summed E-state index contributed by atoms with van der Waals surface area (Å²) in [6.07, 6.45) is 7.18. The molecule has 0 atom stereocenters. The first kappa shape index (κ1) is 17.3. The second-order valence-electron chi connectivity index (χ2n) is 6.84. The predicted molar refractivity (Wildman–Crippen MR) is 97.1 cm³/mol. The molecule has 2 aromatic rings. The Bertz CT molecular complexity index is 837. The molecule has 0 spiro atoms. The first-order valence-corrected chi connectivity index (χ1v) is 9.95. The maximum atomic E-state index is 12.4. The van der Waals surface area contributed by atoms with Crippen molar-refractivity contribution in [3.8, 4) is 0 Å². The topological polar surface area (TPSA) is 85.9 Å². The minimum Gasteiger partial charge on any atom is -0.342 e. The molecule has 1 saturated carbocycles. The van der Waals surface area contributed by atoms with Gasteiger partial charge in [-0.15, -0.1) is 0 Å². The number of hydrogen-bond donors (Lipinski definition) is 0. The number of carbonyl (C=O) groups excluding carboxylic acids is 1. The summed E-state index contributed by atoms with van der Waals surface area (Å²) in [5.41, 5.74) is -0.0136. The van der Waals surface area contributed by atoms with Gasteiger partial charge in [0.2, 0.25) is 5.91 Å². The lowest BCUT2D eigenvalue weighted by Gasteiger charge is -2.31.